The first-order chi connectivity index (χ1) is 8.61. The van der Waals surface area contributed by atoms with Gasteiger partial charge in [-0.05, 0) is 35.9 Å². The molecular formula is C12H10Cl2FN3. The third-order valence-electron chi connectivity index (χ3n) is 2.48. The predicted octanol–water partition coefficient (Wildman–Crippen LogP) is 3.08. The van der Waals surface area contributed by atoms with E-state index in [0.29, 0.717) is 21.3 Å². The van der Waals surface area contributed by atoms with Crippen molar-refractivity contribution in [2.45, 2.75) is 6.04 Å². The molecule has 2 rings (SSSR count). The van der Waals surface area contributed by atoms with Crippen LogP contribution in [0.25, 0.3) is 0 Å². The van der Waals surface area contributed by atoms with E-state index in [1.165, 1.54) is 24.4 Å². The largest absolute Gasteiger partial charge is 0.271 e. The Morgan fingerprint density at radius 1 is 1.22 bits per heavy atom. The smallest absolute Gasteiger partial charge is 0.123 e. The number of nitrogens with one attached hydrogen (secondary N) is 1. The molecule has 2 aromatic rings. The molecule has 0 fully saturated rings. The molecule has 1 unspecified atom stereocenters. The van der Waals surface area contributed by atoms with Crippen LogP contribution in [0.5, 0.6) is 0 Å². The van der Waals surface area contributed by atoms with Crippen LogP contribution in [0.4, 0.5) is 4.39 Å². The number of rotatable bonds is 3. The van der Waals surface area contributed by atoms with Gasteiger partial charge in [-0.15, -0.1) is 0 Å². The van der Waals surface area contributed by atoms with Crippen molar-refractivity contribution in [3.63, 3.8) is 0 Å². The summed E-state index contributed by atoms with van der Waals surface area (Å²) in [5.74, 6) is 5.10. The zero-order chi connectivity index (χ0) is 13.1. The van der Waals surface area contributed by atoms with Crippen LogP contribution in [0.2, 0.25) is 10.0 Å². The van der Waals surface area contributed by atoms with E-state index in [-0.39, 0.29) is 5.82 Å². The lowest BCUT2D eigenvalue weighted by Gasteiger charge is -2.17. The first-order valence-corrected chi connectivity index (χ1v) is 5.90. The van der Waals surface area contributed by atoms with E-state index in [1.807, 2.05) is 0 Å². The van der Waals surface area contributed by atoms with Crippen LogP contribution in [0.3, 0.4) is 0 Å². The summed E-state index contributed by atoms with van der Waals surface area (Å²) >= 11 is 11.8. The number of aromatic nitrogens is 1. The van der Waals surface area contributed by atoms with Crippen molar-refractivity contribution in [2.24, 2.45) is 5.84 Å². The highest BCUT2D eigenvalue weighted by atomic mass is 35.5. The summed E-state index contributed by atoms with van der Waals surface area (Å²) in [5.41, 5.74) is 3.69. The number of benzene rings is 1. The first kappa shape index (κ1) is 13.2. The summed E-state index contributed by atoms with van der Waals surface area (Å²) in [7, 11) is 0. The lowest BCUT2D eigenvalue weighted by Crippen LogP contribution is -2.29. The molecule has 6 heteroatoms. The van der Waals surface area contributed by atoms with E-state index in [9.17, 15) is 4.39 Å². The minimum absolute atomic E-state index is 0.386. The van der Waals surface area contributed by atoms with Crippen molar-refractivity contribution in [3.8, 4) is 0 Å². The standard InChI is InChI=1S/C12H10Cl2FN3/c13-7-1-4-11(17-6-7)12(18-16)9-5-8(15)2-3-10(9)14/h1-6,12,18H,16H2. The van der Waals surface area contributed by atoms with Gasteiger partial charge in [0.15, 0.2) is 0 Å². The van der Waals surface area contributed by atoms with Gasteiger partial charge in [0.25, 0.3) is 0 Å². The maximum Gasteiger partial charge on any atom is 0.123 e. The highest BCUT2D eigenvalue weighted by molar-refractivity contribution is 6.31. The fraction of sp³-hybridized carbons (Fsp3) is 0.0833. The van der Waals surface area contributed by atoms with Gasteiger partial charge in [0.1, 0.15) is 5.82 Å². The lowest BCUT2D eigenvalue weighted by atomic mass is 10.0. The maximum absolute atomic E-state index is 13.3. The SMILES string of the molecule is NNC(c1ccc(Cl)cn1)c1cc(F)ccc1Cl. The summed E-state index contributed by atoms with van der Waals surface area (Å²) in [6, 6.07) is 6.98. The first-order valence-electron chi connectivity index (χ1n) is 5.14. The monoisotopic (exact) mass is 285 g/mol. The fourth-order valence-electron chi connectivity index (χ4n) is 1.63. The number of nitrogens with zero attached hydrogens (tertiary/aromatic N) is 1. The normalized spacial score (nSPS) is 12.4. The maximum atomic E-state index is 13.3. The van der Waals surface area contributed by atoms with Gasteiger partial charge in [0, 0.05) is 11.2 Å². The molecule has 0 aliphatic heterocycles. The van der Waals surface area contributed by atoms with E-state index >= 15 is 0 Å². The Morgan fingerprint density at radius 3 is 2.61 bits per heavy atom. The zero-order valence-corrected chi connectivity index (χ0v) is 10.7. The van der Waals surface area contributed by atoms with Gasteiger partial charge in [0.05, 0.1) is 16.8 Å². The van der Waals surface area contributed by atoms with Crippen molar-refractivity contribution < 1.29 is 4.39 Å². The molecule has 18 heavy (non-hydrogen) atoms. The number of pyridine rings is 1. The Labute approximate surface area is 114 Å². The molecule has 3 nitrogen and oxygen atoms in total. The van der Waals surface area contributed by atoms with Crippen molar-refractivity contribution in [1.82, 2.24) is 10.4 Å². The molecular weight excluding hydrogens is 276 g/mol. The summed E-state index contributed by atoms with van der Waals surface area (Å²) in [6.07, 6.45) is 1.49. The third-order valence-corrected chi connectivity index (χ3v) is 3.05. The Bertz CT molecular complexity index is 546. The predicted molar refractivity (Wildman–Crippen MR) is 69.8 cm³/mol. The van der Waals surface area contributed by atoms with E-state index in [1.54, 1.807) is 12.1 Å². The molecule has 0 aliphatic rings. The molecule has 3 N–H and O–H groups in total. The minimum atomic E-state index is -0.495. The molecule has 0 saturated heterocycles. The quantitative estimate of drug-likeness (QED) is 0.673. The van der Waals surface area contributed by atoms with Gasteiger partial charge >= 0.3 is 0 Å². The molecule has 1 atom stereocenters. The molecule has 0 bridgehead atoms. The summed E-state index contributed by atoms with van der Waals surface area (Å²) < 4.78 is 13.3. The summed E-state index contributed by atoms with van der Waals surface area (Å²) in [5, 5.41) is 0.927. The zero-order valence-electron chi connectivity index (χ0n) is 9.20. The average molecular weight is 286 g/mol. The molecule has 94 valence electrons. The minimum Gasteiger partial charge on any atom is -0.271 e. The third kappa shape index (κ3) is 2.79. The van der Waals surface area contributed by atoms with Crippen LogP contribution in [-0.4, -0.2) is 4.98 Å². The van der Waals surface area contributed by atoms with E-state index < -0.39 is 6.04 Å². The van der Waals surface area contributed by atoms with Gasteiger partial charge in [-0.25, -0.2) is 9.82 Å². The molecule has 0 radical (unpaired) electrons. The van der Waals surface area contributed by atoms with Crippen molar-refractivity contribution in [3.05, 3.63) is 63.6 Å². The highest BCUT2D eigenvalue weighted by Crippen LogP contribution is 2.27. The summed E-state index contributed by atoms with van der Waals surface area (Å²) in [6.45, 7) is 0. The van der Waals surface area contributed by atoms with Crippen molar-refractivity contribution in [2.75, 3.05) is 0 Å². The number of hydrogen-bond donors (Lipinski definition) is 2. The number of hydrogen-bond acceptors (Lipinski definition) is 3. The van der Waals surface area contributed by atoms with Crippen LogP contribution in [0, 0.1) is 5.82 Å². The van der Waals surface area contributed by atoms with Gasteiger partial charge in [0.2, 0.25) is 0 Å². The number of hydrazine groups is 1. The van der Waals surface area contributed by atoms with Crippen LogP contribution in [-0.2, 0) is 0 Å². The van der Waals surface area contributed by atoms with E-state index in [4.69, 9.17) is 29.0 Å². The number of halogens is 3. The second kappa shape index (κ2) is 5.63. The lowest BCUT2D eigenvalue weighted by molar-refractivity contribution is 0.598. The second-order valence-electron chi connectivity index (χ2n) is 3.67. The van der Waals surface area contributed by atoms with Crippen molar-refractivity contribution in [1.29, 1.82) is 0 Å². The Kier molecular flexibility index (Phi) is 4.14. The Balaban J connectivity index is 2.44. The van der Waals surface area contributed by atoms with Gasteiger partial charge < -0.3 is 0 Å². The van der Waals surface area contributed by atoms with Crippen LogP contribution in [0.15, 0.2) is 36.5 Å². The molecule has 0 aliphatic carbocycles. The summed E-state index contributed by atoms with van der Waals surface area (Å²) in [4.78, 5) is 4.14. The molecule has 0 spiro atoms. The van der Waals surface area contributed by atoms with Gasteiger partial charge in [-0.3, -0.25) is 10.8 Å². The van der Waals surface area contributed by atoms with Crippen LogP contribution < -0.4 is 11.3 Å². The van der Waals surface area contributed by atoms with Crippen molar-refractivity contribution >= 4 is 23.2 Å². The Morgan fingerprint density at radius 2 is 2.00 bits per heavy atom. The fourth-order valence-corrected chi connectivity index (χ4v) is 1.97. The van der Waals surface area contributed by atoms with Gasteiger partial charge in [-0.1, -0.05) is 23.2 Å². The molecule has 0 amide bonds. The molecule has 1 aromatic carbocycles. The highest BCUT2D eigenvalue weighted by Gasteiger charge is 2.17. The molecule has 0 saturated carbocycles. The van der Waals surface area contributed by atoms with E-state index in [0.717, 1.165) is 0 Å². The molecule has 1 heterocycles. The second-order valence-corrected chi connectivity index (χ2v) is 4.51. The number of nitrogens with two attached hydrogens (primary N) is 1. The Hall–Kier alpha value is -1.20. The topological polar surface area (TPSA) is 50.9 Å². The van der Waals surface area contributed by atoms with Crippen LogP contribution >= 0.6 is 23.2 Å². The molecule has 1 aromatic heterocycles. The average Bonchev–Trinajstić information content (AvgIpc) is 2.37. The van der Waals surface area contributed by atoms with E-state index in [2.05, 4.69) is 10.4 Å². The van der Waals surface area contributed by atoms with Gasteiger partial charge in [-0.2, -0.15) is 0 Å². The van der Waals surface area contributed by atoms with Crippen LogP contribution in [0.1, 0.15) is 17.3 Å².